The fourth-order valence-corrected chi connectivity index (χ4v) is 5.76. The van der Waals surface area contributed by atoms with E-state index in [0.717, 1.165) is 83.5 Å². The number of hydrogen-bond donors (Lipinski definition) is 3. The molecule has 0 aromatic rings. The molecule has 0 aromatic carbocycles. The lowest BCUT2D eigenvalue weighted by atomic mass is 10.1. The van der Waals surface area contributed by atoms with Gasteiger partial charge in [0.05, 0.1) is 17.9 Å². The summed E-state index contributed by atoms with van der Waals surface area (Å²) >= 11 is 0. The number of unbranched alkanes of at least 4 members (excludes halogenated alkanes) is 15. The number of carbonyl (C=O) groups excluding carboxylic acids is 1. The van der Waals surface area contributed by atoms with Gasteiger partial charge in [-0.15, -0.1) is 0 Å². The van der Waals surface area contributed by atoms with E-state index in [1.54, 1.807) is 6.08 Å². The lowest BCUT2D eigenvalue weighted by Gasteiger charge is -2.21. The number of aliphatic hydroxyl groups is 1. The minimum absolute atomic E-state index is 0.277. The van der Waals surface area contributed by atoms with Gasteiger partial charge in [0, 0.05) is 6.42 Å². The molecule has 0 saturated heterocycles. The predicted octanol–water partition coefficient (Wildman–Crippen LogP) is 10.1. The number of rotatable bonds is 31. The second-order valence-corrected chi connectivity index (χ2v) is 13.6. The van der Waals surface area contributed by atoms with Gasteiger partial charge in [0.15, 0.2) is 0 Å². The molecule has 0 aliphatic carbocycles. The molecule has 2 atom stereocenters. The fourth-order valence-electron chi connectivity index (χ4n) is 5.03. The van der Waals surface area contributed by atoms with Crippen molar-refractivity contribution >= 4 is 16.0 Å². The molecule has 1 amide bonds. The number of carbonyl (C=O) groups is 1. The van der Waals surface area contributed by atoms with Crippen LogP contribution in [0.5, 0.6) is 0 Å². The number of hydrogen-bond acceptors (Lipinski definition) is 4. The topological polar surface area (TPSA) is 104 Å². The van der Waals surface area contributed by atoms with Crippen molar-refractivity contribution in [3.8, 4) is 0 Å². The SMILES string of the molecule is CC/C=C\C/C=C\C/C=C\C/C=C\CCCCCCCCC(=O)NC(CS(=O)(=O)O)C(O)/C=C/CCCCCCCCCCC. The molecular formula is C38H67NO5S. The molecule has 3 N–H and O–H groups in total. The van der Waals surface area contributed by atoms with Crippen molar-refractivity contribution in [1.29, 1.82) is 0 Å². The third kappa shape index (κ3) is 33.2. The molecule has 7 heteroatoms. The first-order valence-corrected chi connectivity index (χ1v) is 19.6. The summed E-state index contributed by atoms with van der Waals surface area (Å²) in [5.41, 5.74) is 0. The molecule has 0 saturated carbocycles. The van der Waals surface area contributed by atoms with Gasteiger partial charge >= 0.3 is 0 Å². The zero-order chi connectivity index (χ0) is 33.3. The average Bonchev–Trinajstić information content (AvgIpc) is 3.00. The van der Waals surface area contributed by atoms with Gasteiger partial charge in [-0.1, -0.05) is 152 Å². The molecule has 0 radical (unpaired) electrons. The molecule has 0 spiro atoms. The van der Waals surface area contributed by atoms with Crippen LogP contribution in [0.3, 0.4) is 0 Å². The zero-order valence-corrected chi connectivity index (χ0v) is 29.5. The van der Waals surface area contributed by atoms with E-state index in [0.29, 0.717) is 6.42 Å². The van der Waals surface area contributed by atoms with Crippen LogP contribution in [-0.2, 0) is 14.9 Å². The summed E-state index contributed by atoms with van der Waals surface area (Å²) < 4.78 is 32.3. The quantitative estimate of drug-likeness (QED) is 0.0394. The van der Waals surface area contributed by atoms with E-state index in [2.05, 4.69) is 67.8 Å². The van der Waals surface area contributed by atoms with Crippen LogP contribution in [0, 0.1) is 0 Å². The molecule has 0 aliphatic rings. The zero-order valence-electron chi connectivity index (χ0n) is 28.7. The second kappa shape index (κ2) is 32.0. The normalized spacial score (nSPS) is 14.1. The minimum atomic E-state index is -4.34. The van der Waals surface area contributed by atoms with Gasteiger partial charge in [0.25, 0.3) is 10.1 Å². The Labute approximate surface area is 277 Å². The van der Waals surface area contributed by atoms with Gasteiger partial charge < -0.3 is 10.4 Å². The monoisotopic (exact) mass is 649 g/mol. The Morgan fingerprint density at radius 3 is 1.58 bits per heavy atom. The Bertz CT molecular complexity index is 936. The van der Waals surface area contributed by atoms with Gasteiger partial charge in [0.2, 0.25) is 5.91 Å². The molecule has 2 unspecified atom stereocenters. The Morgan fingerprint density at radius 2 is 1.07 bits per heavy atom. The van der Waals surface area contributed by atoms with Crippen LogP contribution in [0.2, 0.25) is 0 Å². The molecule has 0 fully saturated rings. The van der Waals surface area contributed by atoms with Crippen molar-refractivity contribution < 1.29 is 22.9 Å². The molecule has 0 aliphatic heterocycles. The van der Waals surface area contributed by atoms with Crippen LogP contribution >= 0.6 is 0 Å². The van der Waals surface area contributed by atoms with E-state index < -0.39 is 28.0 Å². The highest BCUT2D eigenvalue weighted by Crippen LogP contribution is 2.12. The minimum Gasteiger partial charge on any atom is -0.387 e. The van der Waals surface area contributed by atoms with Crippen molar-refractivity contribution in [3.63, 3.8) is 0 Å². The number of allylic oxidation sites excluding steroid dienone is 9. The van der Waals surface area contributed by atoms with Crippen molar-refractivity contribution in [3.05, 3.63) is 60.8 Å². The average molecular weight is 650 g/mol. The van der Waals surface area contributed by atoms with Crippen molar-refractivity contribution in [1.82, 2.24) is 5.32 Å². The summed E-state index contributed by atoms with van der Waals surface area (Å²) in [5.74, 6) is -1.00. The first kappa shape index (κ1) is 43.0. The number of nitrogens with one attached hydrogen (secondary N) is 1. The van der Waals surface area contributed by atoms with Gasteiger partial charge in [-0.3, -0.25) is 9.35 Å². The molecule has 0 bridgehead atoms. The van der Waals surface area contributed by atoms with Gasteiger partial charge in [0.1, 0.15) is 0 Å². The highest BCUT2D eigenvalue weighted by atomic mass is 32.2. The Morgan fingerprint density at radius 1 is 0.622 bits per heavy atom. The fraction of sp³-hybridized carbons (Fsp3) is 0.711. The molecule has 0 aromatic heterocycles. The Balaban J connectivity index is 4.02. The van der Waals surface area contributed by atoms with E-state index in [-0.39, 0.29) is 12.3 Å². The Kier molecular flexibility index (Phi) is 30.6. The van der Waals surface area contributed by atoms with Crippen LogP contribution in [-0.4, -0.2) is 41.9 Å². The van der Waals surface area contributed by atoms with Crippen LogP contribution in [0.25, 0.3) is 0 Å². The summed E-state index contributed by atoms with van der Waals surface area (Å²) in [6.45, 7) is 4.37. The molecular weight excluding hydrogens is 582 g/mol. The third-order valence-electron chi connectivity index (χ3n) is 7.70. The maximum Gasteiger partial charge on any atom is 0.267 e. The first-order valence-electron chi connectivity index (χ1n) is 18.0. The standard InChI is InChI=1S/C38H67NO5S/c1-3-5-7-9-11-13-15-16-17-18-19-20-21-22-24-26-28-30-32-34-38(41)39-36(35-45(42,43)44)37(40)33-31-29-27-25-23-14-12-10-8-6-4-2/h5,7,11,13,16-17,19-20,31,33,36-37,40H,3-4,6,8-10,12,14-15,18,21-30,32,34-35H2,1-2H3,(H,39,41)(H,42,43,44)/b7-5-,13-11-,17-16-,20-19-,33-31+. The largest absolute Gasteiger partial charge is 0.387 e. The third-order valence-corrected chi connectivity index (χ3v) is 8.48. The lowest BCUT2D eigenvalue weighted by molar-refractivity contribution is -0.122. The van der Waals surface area contributed by atoms with Crippen LogP contribution < -0.4 is 5.32 Å². The summed E-state index contributed by atoms with van der Waals surface area (Å²) in [5, 5.41) is 13.1. The van der Waals surface area contributed by atoms with E-state index in [1.807, 2.05) is 6.08 Å². The van der Waals surface area contributed by atoms with E-state index in [1.165, 1.54) is 44.9 Å². The first-order chi connectivity index (χ1) is 21.8. The summed E-state index contributed by atoms with van der Waals surface area (Å²) in [6.07, 6.45) is 43.4. The lowest BCUT2D eigenvalue weighted by Crippen LogP contribution is -2.46. The predicted molar refractivity (Wildman–Crippen MR) is 193 cm³/mol. The highest BCUT2D eigenvalue weighted by molar-refractivity contribution is 7.85. The molecule has 6 nitrogen and oxygen atoms in total. The second-order valence-electron chi connectivity index (χ2n) is 12.1. The summed E-state index contributed by atoms with van der Waals surface area (Å²) in [6, 6.07) is -1.06. The van der Waals surface area contributed by atoms with Gasteiger partial charge in [-0.25, -0.2) is 0 Å². The maximum absolute atomic E-state index is 12.4. The van der Waals surface area contributed by atoms with Crippen molar-refractivity contribution in [2.45, 2.75) is 167 Å². The highest BCUT2D eigenvalue weighted by Gasteiger charge is 2.24. The summed E-state index contributed by atoms with van der Waals surface area (Å²) in [7, 11) is -4.34. The Hall–Kier alpha value is -1.96. The maximum atomic E-state index is 12.4. The van der Waals surface area contributed by atoms with E-state index >= 15 is 0 Å². The molecule has 260 valence electrons. The molecule has 0 rings (SSSR count). The number of aliphatic hydroxyl groups excluding tert-OH is 1. The van der Waals surface area contributed by atoms with Gasteiger partial charge in [-0.2, -0.15) is 8.42 Å². The van der Waals surface area contributed by atoms with Crippen LogP contribution in [0.15, 0.2) is 60.8 Å². The van der Waals surface area contributed by atoms with E-state index in [4.69, 9.17) is 0 Å². The van der Waals surface area contributed by atoms with Crippen molar-refractivity contribution in [2.24, 2.45) is 0 Å². The van der Waals surface area contributed by atoms with Gasteiger partial charge in [-0.05, 0) is 57.8 Å². The van der Waals surface area contributed by atoms with E-state index in [9.17, 15) is 22.9 Å². The van der Waals surface area contributed by atoms with Crippen LogP contribution in [0.1, 0.15) is 155 Å². The van der Waals surface area contributed by atoms with Crippen LogP contribution in [0.4, 0.5) is 0 Å². The number of amides is 1. The smallest absolute Gasteiger partial charge is 0.267 e. The molecule has 45 heavy (non-hydrogen) atoms. The molecule has 0 heterocycles. The van der Waals surface area contributed by atoms with Crippen molar-refractivity contribution in [2.75, 3.05) is 5.75 Å². The summed E-state index contributed by atoms with van der Waals surface area (Å²) in [4.78, 5) is 12.4.